The van der Waals surface area contributed by atoms with Crippen LogP contribution in [0, 0.1) is 0 Å². The van der Waals surface area contributed by atoms with Gasteiger partial charge in [0.1, 0.15) is 11.6 Å². The molecule has 0 aliphatic carbocycles. The molecule has 1 saturated heterocycles. The summed E-state index contributed by atoms with van der Waals surface area (Å²) in [6, 6.07) is 4.13. The summed E-state index contributed by atoms with van der Waals surface area (Å²) in [5, 5.41) is 3.59. The lowest BCUT2D eigenvalue weighted by molar-refractivity contribution is -0.156. The number of anilines is 1. The van der Waals surface area contributed by atoms with Crippen LogP contribution in [0.5, 0.6) is 0 Å². The van der Waals surface area contributed by atoms with Gasteiger partial charge in [-0.1, -0.05) is 0 Å². The van der Waals surface area contributed by atoms with Crippen molar-refractivity contribution in [2.75, 3.05) is 24.5 Å². The van der Waals surface area contributed by atoms with Crippen molar-refractivity contribution in [3.8, 4) is 0 Å². The standard InChI is InChI=1S/C19H32N4O2/c1-19(2,3)25-18(24)17(20)5-4-10-22-15-8-13-23(14-9-15)16-6-11-21-12-7-16/h6-7,11-12,15,17,22H,4-5,8-10,13-14,20H2,1-3H3/t17-/m0/s1. The average Bonchev–Trinajstić information content (AvgIpc) is 2.58. The molecule has 1 aromatic heterocycles. The molecule has 0 bridgehead atoms. The van der Waals surface area contributed by atoms with Gasteiger partial charge in [-0.3, -0.25) is 9.78 Å². The molecule has 140 valence electrons. The van der Waals surface area contributed by atoms with Gasteiger partial charge in [0, 0.05) is 37.2 Å². The second kappa shape index (κ2) is 9.15. The Kier molecular flexibility index (Phi) is 7.20. The van der Waals surface area contributed by atoms with Crippen LogP contribution in [0.15, 0.2) is 24.5 Å². The minimum Gasteiger partial charge on any atom is -0.459 e. The molecule has 0 saturated carbocycles. The summed E-state index contributed by atoms with van der Waals surface area (Å²) < 4.78 is 5.31. The first-order valence-electron chi connectivity index (χ1n) is 9.22. The van der Waals surface area contributed by atoms with Crippen LogP contribution in [0.4, 0.5) is 5.69 Å². The highest BCUT2D eigenvalue weighted by atomic mass is 16.6. The molecule has 25 heavy (non-hydrogen) atoms. The van der Waals surface area contributed by atoms with E-state index in [0.29, 0.717) is 12.5 Å². The Balaban J connectivity index is 1.60. The van der Waals surface area contributed by atoms with Crippen LogP contribution >= 0.6 is 0 Å². The van der Waals surface area contributed by atoms with E-state index in [2.05, 4.69) is 27.3 Å². The van der Waals surface area contributed by atoms with Gasteiger partial charge in [0.05, 0.1) is 0 Å². The molecule has 0 spiro atoms. The Hall–Kier alpha value is -1.66. The first-order valence-corrected chi connectivity index (χ1v) is 9.22. The lowest BCUT2D eigenvalue weighted by Gasteiger charge is -2.34. The maximum atomic E-state index is 11.8. The van der Waals surface area contributed by atoms with E-state index in [1.54, 1.807) is 0 Å². The molecule has 2 heterocycles. The van der Waals surface area contributed by atoms with E-state index in [1.807, 2.05) is 33.2 Å². The van der Waals surface area contributed by atoms with Gasteiger partial charge >= 0.3 is 5.97 Å². The summed E-state index contributed by atoms with van der Waals surface area (Å²) in [5.74, 6) is -0.307. The fraction of sp³-hybridized carbons (Fsp3) is 0.684. The molecule has 0 amide bonds. The van der Waals surface area contributed by atoms with E-state index in [4.69, 9.17) is 10.5 Å². The Morgan fingerprint density at radius 2 is 2.00 bits per heavy atom. The lowest BCUT2D eigenvalue weighted by Crippen LogP contribution is -2.43. The molecule has 0 aromatic carbocycles. The molecule has 1 atom stereocenters. The van der Waals surface area contributed by atoms with Gasteiger partial charge in [-0.05, 0) is 65.1 Å². The number of esters is 1. The van der Waals surface area contributed by atoms with Crippen molar-refractivity contribution in [2.24, 2.45) is 5.73 Å². The zero-order chi connectivity index (χ0) is 18.3. The smallest absolute Gasteiger partial charge is 0.323 e. The fourth-order valence-corrected chi connectivity index (χ4v) is 3.02. The molecule has 0 unspecified atom stereocenters. The summed E-state index contributed by atoms with van der Waals surface area (Å²) in [7, 11) is 0. The normalized spacial score (nSPS) is 17.4. The number of ether oxygens (including phenoxy) is 1. The van der Waals surface area contributed by atoms with Gasteiger partial charge in [0.15, 0.2) is 0 Å². The van der Waals surface area contributed by atoms with Gasteiger partial charge in [0.25, 0.3) is 0 Å². The SMILES string of the molecule is CC(C)(C)OC(=O)[C@@H](N)CCCNC1CCN(c2ccncc2)CC1. The summed E-state index contributed by atoms with van der Waals surface area (Å²) in [4.78, 5) is 18.3. The second-order valence-electron chi connectivity index (χ2n) is 7.70. The minimum absolute atomic E-state index is 0.307. The summed E-state index contributed by atoms with van der Waals surface area (Å²) in [5.41, 5.74) is 6.68. The zero-order valence-electron chi connectivity index (χ0n) is 15.7. The third-order valence-electron chi connectivity index (χ3n) is 4.36. The van der Waals surface area contributed by atoms with E-state index in [9.17, 15) is 4.79 Å². The summed E-state index contributed by atoms with van der Waals surface area (Å²) in [6.45, 7) is 8.57. The summed E-state index contributed by atoms with van der Waals surface area (Å²) in [6.07, 6.45) is 7.46. The molecule has 0 radical (unpaired) electrons. The molecular formula is C19H32N4O2. The number of pyridine rings is 1. The predicted octanol–water partition coefficient (Wildman–Crippen LogP) is 2.09. The number of carbonyl (C=O) groups excluding carboxylic acids is 1. The van der Waals surface area contributed by atoms with E-state index in [0.717, 1.165) is 38.9 Å². The number of piperidine rings is 1. The minimum atomic E-state index is -0.533. The van der Waals surface area contributed by atoms with Crippen LogP contribution in [0.2, 0.25) is 0 Å². The Labute approximate surface area is 151 Å². The topological polar surface area (TPSA) is 80.5 Å². The van der Waals surface area contributed by atoms with Crippen molar-refractivity contribution in [3.63, 3.8) is 0 Å². The zero-order valence-corrected chi connectivity index (χ0v) is 15.7. The Morgan fingerprint density at radius 3 is 2.60 bits per heavy atom. The molecule has 2 rings (SSSR count). The van der Waals surface area contributed by atoms with E-state index < -0.39 is 11.6 Å². The molecule has 6 nitrogen and oxygen atoms in total. The van der Waals surface area contributed by atoms with Gasteiger partial charge in [0.2, 0.25) is 0 Å². The third kappa shape index (κ3) is 7.00. The molecule has 6 heteroatoms. The van der Waals surface area contributed by atoms with E-state index in [-0.39, 0.29) is 5.97 Å². The predicted molar refractivity (Wildman–Crippen MR) is 101 cm³/mol. The van der Waals surface area contributed by atoms with Gasteiger partial charge in [-0.2, -0.15) is 0 Å². The summed E-state index contributed by atoms with van der Waals surface area (Å²) >= 11 is 0. The first kappa shape index (κ1) is 19.7. The van der Waals surface area contributed by atoms with Crippen LogP contribution in [0.25, 0.3) is 0 Å². The van der Waals surface area contributed by atoms with Crippen molar-refractivity contribution >= 4 is 11.7 Å². The van der Waals surface area contributed by atoms with Crippen molar-refractivity contribution in [1.29, 1.82) is 0 Å². The monoisotopic (exact) mass is 348 g/mol. The third-order valence-corrected chi connectivity index (χ3v) is 4.36. The highest BCUT2D eigenvalue weighted by Crippen LogP contribution is 2.19. The van der Waals surface area contributed by atoms with Gasteiger partial charge in [-0.25, -0.2) is 0 Å². The number of carbonyl (C=O) groups is 1. The highest BCUT2D eigenvalue weighted by Gasteiger charge is 2.22. The number of rotatable bonds is 7. The number of hydrogen-bond donors (Lipinski definition) is 2. The molecule has 1 aromatic rings. The van der Waals surface area contributed by atoms with Crippen LogP contribution in [0.3, 0.4) is 0 Å². The van der Waals surface area contributed by atoms with Crippen molar-refractivity contribution in [1.82, 2.24) is 10.3 Å². The number of hydrogen-bond acceptors (Lipinski definition) is 6. The maximum absolute atomic E-state index is 11.8. The number of nitrogens with zero attached hydrogens (tertiary/aromatic N) is 2. The number of nitrogens with two attached hydrogens (primary N) is 1. The number of aromatic nitrogens is 1. The second-order valence-corrected chi connectivity index (χ2v) is 7.70. The molecule has 1 aliphatic rings. The van der Waals surface area contributed by atoms with Crippen molar-refractivity contribution in [3.05, 3.63) is 24.5 Å². The van der Waals surface area contributed by atoms with Gasteiger partial charge in [-0.15, -0.1) is 0 Å². The molecule has 1 fully saturated rings. The van der Waals surface area contributed by atoms with Crippen LogP contribution in [0.1, 0.15) is 46.5 Å². The fourth-order valence-electron chi connectivity index (χ4n) is 3.02. The molecule has 3 N–H and O–H groups in total. The Morgan fingerprint density at radius 1 is 1.36 bits per heavy atom. The highest BCUT2D eigenvalue weighted by molar-refractivity contribution is 5.75. The first-order chi connectivity index (χ1) is 11.8. The quantitative estimate of drug-likeness (QED) is 0.580. The van der Waals surface area contributed by atoms with Crippen molar-refractivity contribution in [2.45, 2.75) is 64.1 Å². The van der Waals surface area contributed by atoms with Crippen LogP contribution in [-0.4, -0.2) is 48.3 Å². The van der Waals surface area contributed by atoms with Crippen LogP contribution < -0.4 is 16.0 Å². The van der Waals surface area contributed by atoms with E-state index in [1.165, 1.54) is 5.69 Å². The van der Waals surface area contributed by atoms with E-state index >= 15 is 0 Å². The largest absolute Gasteiger partial charge is 0.459 e. The number of nitrogens with one attached hydrogen (secondary N) is 1. The van der Waals surface area contributed by atoms with Gasteiger partial charge < -0.3 is 20.7 Å². The maximum Gasteiger partial charge on any atom is 0.323 e. The van der Waals surface area contributed by atoms with Crippen LogP contribution in [-0.2, 0) is 9.53 Å². The van der Waals surface area contributed by atoms with Crippen molar-refractivity contribution < 1.29 is 9.53 Å². The molecular weight excluding hydrogens is 316 g/mol. The average molecular weight is 348 g/mol. The molecule has 1 aliphatic heterocycles. The Bertz CT molecular complexity index is 522. The lowest BCUT2D eigenvalue weighted by atomic mass is 10.0.